The highest BCUT2D eigenvalue weighted by Gasteiger charge is 2.09. The summed E-state index contributed by atoms with van der Waals surface area (Å²) < 4.78 is 2.03. The van der Waals surface area contributed by atoms with Gasteiger partial charge in [-0.3, -0.25) is 4.79 Å². The number of imidazole rings is 1. The molecule has 3 aromatic rings. The standard InChI is InChI=1S/C21H26N4O/c1-4-5-13-24(3)19-11-9-17(10-12-19)21(26)22-14-18-15-25-16(2)7-6-8-20(25)23-18/h6-12,15H,4-5,13-14H2,1-3H3,(H,22,26). The lowest BCUT2D eigenvalue weighted by atomic mass is 10.1. The van der Waals surface area contributed by atoms with Gasteiger partial charge in [0.15, 0.2) is 0 Å². The summed E-state index contributed by atoms with van der Waals surface area (Å²) in [5, 5.41) is 2.95. The van der Waals surface area contributed by atoms with Gasteiger partial charge in [0.25, 0.3) is 5.91 Å². The normalized spacial score (nSPS) is 10.9. The number of carbonyl (C=O) groups excluding carboxylic acids is 1. The maximum Gasteiger partial charge on any atom is 0.251 e. The molecule has 0 saturated heterocycles. The van der Waals surface area contributed by atoms with Crippen LogP contribution >= 0.6 is 0 Å². The minimum atomic E-state index is -0.0819. The van der Waals surface area contributed by atoms with Gasteiger partial charge in [-0.05, 0) is 49.7 Å². The number of anilines is 1. The zero-order valence-corrected chi connectivity index (χ0v) is 15.7. The predicted molar refractivity (Wildman–Crippen MR) is 106 cm³/mol. The molecule has 26 heavy (non-hydrogen) atoms. The fourth-order valence-corrected chi connectivity index (χ4v) is 2.95. The zero-order valence-electron chi connectivity index (χ0n) is 15.7. The third-order valence-electron chi connectivity index (χ3n) is 4.59. The monoisotopic (exact) mass is 350 g/mol. The minimum Gasteiger partial charge on any atom is -0.375 e. The molecule has 0 radical (unpaired) electrons. The molecule has 2 aromatic heterocycles. The molecular formula is C21H26N4O. The van der Waals surface area contributed by atoms with Crippen molar-refractivity contribution in [2.75, 3.05) is 18.5 Å². The smallest absolute Gasteiger partial charge is 0.251 e. The third kappa shape index (κ3) is 4.04. The minimum absolute atomic E-state index is 0.0819. The van der Waals surface area contributed by atoms with E-state index >= 15 is 0 Å². The Labute approximate surface area is 154 Å². The number of pyridine rings is 1. The summed E-state index contributed by atoms with van der Waals surface area (Å²) in [4.78, 5) is 19.2. The van der Waals surface area contributed by atoms with Gasteiger partial charge in [0.2, 0.25) is 0 Å². The van der Waals surface area contributed by atoms with Crippen LogP contribution in [0.3, 0.4) is 0 Å². The van der Waals surface area contributed by atoms with Crippen LogP contribution < -0.4 is 10.2 Å². The van der Waals surface area contributed by atoms with Crippen molar-refractivity contribution in [2.24, 2.45) is 0 Å². The van der Waals surface area contributed by atoms with Crippen molar-refractivity contribution < 1.29 is 4.79 Å². The summed E-state index contributed by atoms with van der Waals surface area (Å²) in [6.45, 7) is 5.66. The Balaban J connectivity index is 1.61. The number of hydrogen-bond donors (Lipinski definition) is 1. The Morgan fingerprint density at radius 1 is 1.19 bits per heavy atom. The second kappa shape index (κ2) is 8.04. The maximum atomic E-state index is 12.4. The SMILES string of the molecule is CCCCN(C)c1ccc(C(=O)NCc2cn3c(C)cccc3n2)cc1. The molecule has 1 aromatic carbocycles. The molecule has 136 valence electrons. The summed E-state index contributed by atoms with van der Waals surface area (Å²) >= 11 is 0. The average molecular weight is 350 g/mol. The highest BCUT2D eigenvalue weighted by Crippen LogP contribution is 2.15. The quantitative estimate of drug-likeness (QED) is 0.705. The fraction of sp³-hybridized carbons (Fsp3) is 0.333. The van der Waals surface area contributed by atoms with Crippen LogP contribution in [0.5, 0.6) is 0 Å². The number of hydrogen-bond acceptors (Lipinski definition) is 3. The van der Waals surface area contributed by atoms with Crippen LogP contribution in [0.25, 0.3) is 5.65 Å². The van der Waals surface area contributed by atoms with E-state index in [4.69, 9.17) is 0 Å². The molecule has 0 spiro atoms. The zero-order chi connectivity index (χ0) is 18.5. The first-order chi connectivity index (χ1) is 12.6. The molecule has 0 fully saturated rings. The highest BCUT2D eigenvalue weighted by atomic mass is 16.1. The van der Waals surface area contributed by atoms with E-state index in [1.807, 2.05) is 60.0 Å². The predicted octanol–water partition coefficient (Wildman–Crippen LogP) is 3.81. The number of unbranched alkanes of at least 4 members (excludes halogenated alkanes) is 1. The van der Waals surface area contributed by atoms with Gasteiger partial charge < -0.3 is 14.6 Å². The molecule has 0 unspecified atom stereocenters. The summed E-state index contributed by atoms with van der Waals surface area (Å²) in [6.07, 6.45) is 4.31. The van der Waals surface area contributed by atoms with Crippen molar-refractivity contribution in [3.63, 3.8) is 0 Å². The number of amides is 1. The summed E-state index contributed by atoms with van der Waals surface area (Å²) in [6, 6.07) is 13.7. The van der Waals surface area contributed by atoms with Crippen LogP contribution in [0.15, 0.2) is 48.7 Å². The molecule has 0 atom stereocenters. The van der Waals surface area contributed by atoms with Gasteiger partial charge in [-0.25, -0.2) is 4.98 Å². The Bertz CT molecular complexity index is 883. The van der Waals surface area contributed by atoms with E-state index in [-0.39, 0.29) is 5.91 Å². The van der Waals surface area contributed by atoms with Crippen LogP contribution in [-0.4, -0.2) is 28.9 Å². The van der Waals surface area contributed by atoms with E-state index in [9.17, 15) is 4.79 Å². The van der Waals surface area contributed by atoms with Crippen molar-refractivity contribution in [3.05, 3.63) is 65.6 Å². The number of aryl methyl sites for hydroxylation is 1. The molecule has 0 aliphatic rings. The van der Waals surface area contributed by atoms with Crippen LogP contribution in [-0.2, 0) is 6.54 Å². The molecule has 3 rings (SSSR count). The number of rotatable bonds is 7. The van der Waals surface area contributed by atoms with E-state index in [2.05, 4.69) is 29.2 Å². The third-order valence-corrected chi connectivity index (χ3v) is 4.59. The molecule has 5 nitrogen and oxygen atoms in total. The number of carbonyl (C=O) groups is 1. The Kier molecular flexibility index (Phi) is 5.56. The van der Waals surface area contributed by atoms with Gasteiger partial charge in [-0.1, -0.05) is 19.4 Å². The number of nitrogens with zero attached hydrogens (tertiary/aromatic N) is 3. The van der Waals surface area contributed by atoms with Crippen LogP contribution in [0, 0.1) is 6.92 Å². The van der Waals surface area contributed by atoms with Crippen molar-refractivity contribution >= 4 is 17.2 Å². The van der Waals surface area contributed by atoms with Crippen LogP contribution in [0.4, 0.5) is 5.69 Å². The van der Waals surface area contributed by atoms with E-state index in [0.29, 0.717) is 12.1 Å². The number of aromatic nitrogens is 2. The second-order valence-corrected chi connectivity index (χ2v) is 6.63. The Morgan fingerprint density at radius 2 is 1.96 bits per heavy atom. The van der Waals surface area contributed by atoms with Crippen LogP contribution in [0.1, 0.15) is 41.5 Å². The summed E-state index contributed by atoms with van der Waals surface area (Å²) in [5.74, 6) is -0.0819. The molecule has 0 bridgehead atoms. The molecule has 0 saturated carbocycles. The average Bonchev–Trinajstić information content (AvgIpc) is 3.09. The molecular weight excluding hydrogens is 324 g/mol. The lowest BCUT2D eigenvalue weighted by molar-refractivity contribution is 0.0950. The molecule has 0 aliphatic heterocycles. The maximum absolute atomic E-state index is 12.4. The summed E-state index contributed by atoms with van der Waals surface area (Å²) in [5.41, 5.74) is 4.66. The Morgan fingerprint density at radius 3 is 2.65 bits per heavy atom. The first-order valence-electron chi connectivity index (χ1n) is 9.11. The first-order valence-corrected chi connectivity index (χ1v) is 9.11. The number of benzene rings is 1. The van der Waals surface area contributed by atoms with E-state index in [0.717, 1.165) is 35.7 Å². The fourth-order valence-electron chi connectivity index (χ4n) is 2.95. The van der Waals surface area contributed by atoms with Gasteiger partial charge >= 0.3 is 0 Å². The molecule has 5 heteroatoms. The van der Waals surface area contributed by atoms with Crippen LogP contribution in [0.2, 0.25) is 0 Å². The Hall–Kier alpha value is -2.82. The highest BCUT2D eigenvalue weighted by molar-refractivity contribution is 5.94. The van der Waals surface area contributed by atoms with E-state index in [1.165, 1.54) is 6.42 Å². The second-order valence-electron chi connectivity index (χ2n) is 6.63. The lowest BCUT2D eigenvalue weighted by Gasteiger charge is -2.19. The molecule has 1 amide bonds. The van der Waals surface area contributed by atoms with Crippen molar-refractivity contribution in [3.8, 4) is 0 Å². The van der Waals surface area contributed by atoms with Crippen molar-refractivity contribution in [1.82, 2.24) is 14.7 Å². The lowest BCUT2D eigenvalue weighted by Crippen LogP contribution is -2.23. The van der Waals surface area contributed by atoms with Gasteiger partial charge in [0.05, 0.1) is 12.2 Å². The summed E-state index contributed by atoms with van der Waals surface area (Å²) in [7, 11) is 2.08. The molecule has 0 aliphatic carbocycles. The van der Waals surface area contributed by atoms with Crippen molar-refractivity contribution in [1.29, 1.82) is 0 Å². The number of fused-ring (bicyclic) bond motifs is 1. The number of nitrogens with one attached hydrogen (secondary N) is 1. The van der Waals surface area contributed by atoms with E-state index < -0.39 is 0 Å². The molecule has 1 N–H and O–H groups in total. The van der Waals surface area contributed by atoms with Crippen molar-refractivity contribution in [2.45, 2.75) is 33.2 Å². The van der Waals surface area contributed by atoms with Gasteiger partial charge in [0, 0.05) is 36.7 Å². The van der Waals surface area contributed by atoms with Gasteiger partial charge in [-0.15, -0.1) is 0 Å². The largest absolute Gasteiger partial charge is 0.375 e. The van der Waals surface area contributed by atoms with Gasteiger partial charge in [-0.2, -0.15) is 0 Å². The van der Waals surface area contributed by atoms with E-state index in [1.54, 1.807) is 0 Å². The van der Waals surface area contributed by atoms with Gasteiger partial charge in [0.1, 0.15) is 5.65 Å². The molecule has 2 heterocycles. The topological polar surface area (TPSA) is 49.6 Å². The first kappa shape index (κ1) is 18.0.